The molecular formula is C12H14ClF2NO2. The van der Waals surface area contributed by atoms with Gasteiger partial charge in [-0.3, -0.25) is 4.79 Å². The Bertz CT molecular complexity index is 362. The first-order valence-corrected chi connectivity index (χ1v) is 5.87. The molecule has 0 aliphatic carbocycles. The van der Waals surface area contributed by atoms with Crippen molar-refractivity contribution in [2.45, 2.75) is 11.8 Å². The first kappa shape index (κ1) is 14.9. The highest BCUT2D eigenvalue weighted by Gasteiger charge is 2.16. The molecule has 1 rings (SSSR count). The molecular weight excluding hydrogens is 264 g/mol. The monoisotopic (exact) mass is 277 g/mol. The van der Waals surface area contributed by atoms with E-state index in [-0.39, 0.29) is 19.1 Å². The van der Waals surface area contributed by atoms with E-state index < -0.39 is 18.4 Å². The van der Waals surface area contributed by atoms with Crippen LogP contribution in [0.5, 0.6) is 0 Å². The number of alkyl halides is 3. The van der Waals surface area contributed by atoms with Crippen molar-refractivity contribution in [3.05, 3.63) is 35.9 Å². The Morgan fingerprint density at radius 1 is 1.33 bits per heavy atom. The molecule has 0 aliphatic rings. The van der Waals surface area contributed by atoms with Crippen molar-refractivity contribution in [2.75, 3.05) is 19.8 Å². The van der Waals surface area contributed by atoms with Crippen LogP contribution in [0.3, 0.4) is 0 Å². The van der Waals surface area contributed by atoms with Gasteiger partial charge in [0.2, 0.25) is 5.91 Å². The standard InChI is InChI=1S/C12H14ClF2NO2/c13-11(9-4-2-1-3-5-9)12(17)16-6-7-18-8-10(14)15/h1-5,10-11H,6-8H2,(H,16,17). The molecule has 0 radical (unpaired) electrons. The second kappa shape index (κ2) is 8.00. The summed E-state index contributed by atoms with van der Waals surface area (Å²) in [6.45, 7) is -0.436. The molecule has 0 aliphatic heterocycles. The van der Waals surface area contributed by atoms with Gasteiger partial charge in [0.1, 0.15) is 12.0 Å². The summed E-state index contributed by atoms with van der Waals surface area (Å²) in [4.78, 5) is 11.6. The van der Waals surface area contributed by atoms with E-state index in [9.17, 15) is 13.6 Å². The Balaban J connectivity index is 2.25. The van der Waals surface area contributed by atoms with Gasteiger partial charge >= 0.3 is 0 Å². The normalized spacial score (nSPS) is 12.4. The third-order valence-electron chi connectivity index (χ3n) is 2.11. The summed E-state index contributed by atoms with van der Waals surface area (Å²) < 4.78 is 28.1. The summed E-state index contributed by atoms with van der Waals surface area (Å²) in [5, 5.41) is 1.72. The lowest BCUT2D eigenvalue weighted by Gasteiger charge is -2.10. The van der Waals surface area contributed by atoms with Gasteiger partial charge in [-0.2, -0.15) is 0 Å². The van der Waals surface area contributed by atoms with E-state index >= 15 is 0 Å². The SMILES string of the molecule is O=C(NCCOCC(F)F)C(Cl)c1ccccc1. The first-order valence-electron chi connectivity index (χ1n) is 5.44. The van der Waals surface area contributed by atoms with Crippen molar-refractivity contribution in [2.24, 2.45) is 0 Å². The van der Waals surface area contributed by atoms with E-state index in [1.165, 1.54) is 0 Å². The second-order valence-corrected chi connectivity index (χ2v) is 3.97. The van der Waals surface area contributed by atoms with Crippen molar-refractivity contribution >= 4 is 17.5 Å². The summed E-state index contributed by atoms with van der Waals surface area (Å²) in [5.41, 5.74) is 0.685. The molecule has 0 aromatic heterocycles. The van der Waals surface area contributed by atoms with Gasteiger partial charge in [0.15, 0.2) is 0 Å². The van der Waals surface area contributed by atoms with Crippen LogP contribution < -0.4 is 5.32 Å². The fourth-order valence-electron chi connectivity index (χ4n) is 1.28. The molecule has 100 valence electrons. The van der Waals surface area contributed by atoms with Crippen molar-refractivity contribution in [1.82, 2.24) is 5.32 Å². The maximum atomic E-state index is 11.7. The first-order chi connectivity index (χ1) is 8.61. The molecule has 1 amide bonds. The highest BCUT2D eigenvalue weighted by atomic mass is 35.5. The Morgan fingerprint density at radius 2 is 2.00 bits per heavy atom. The summed E-state index contributed by atoms with van der Waals surface area (Å²) in [6.07, 6.45) is -2.49. The molecule has 0 bridgehead atoms. The molecule has 1 unspecified atom stereocenters. The van der Waals surface area contributed by atoms with Crippen LogP contribution in [0.15, 0.2) is 30.3 Å². The van der Waals surface area contributed by atoms with Gasteiger partial charge in [-0.05, 0) is 5.56 Å². The molecule has 0 saturated carbocycles. The van der Waals surface area contributed by atoms with E-state index in [1.54, 1.807) is 24.3 Å². The molecule has 0 heterocycles. The summed E-state index contributed by atoms with van der Waals surface area (Å²) >= 11 is 5.95. The molecule has 1 atom stereocenters. The average molecular weight is 278 g/mol. The number of hydrogen-bond acceptors (Lipinski definition) is 2. The van der Waals surface area contributed by atoms with Crippen LogP contribution in [-0.4, -0.2) is 32.1 Å². The molecule has 18 heavy (non-hydrogen) atoms. The quantitative estimate of drug-likeness (QED) is 0.614. The number of nitrogens with one attached hydrogen (secondary N) is 1. The van der Waals surface area contributed by atoms with Crippen LogP contribution in [0.25, 0.3) is 0 Å². The third-order valence-corrected chi connectivity index (χ3v) is 2.56. The number of carbonyl (C=O) groups excluding carboxylic acids is 1. The molecule has 0 spiro atoms. The van der Waals surface area contributed by atoms with Crippen molar-refractivity contribution < 1.29 is 18.3 Å². The van der Waals surface area contributed by atoms with Crippen LogP contribution in [0.1, 0.15) is 10.9 Å². The molecule has 3 nitrogen and oxygen atoms in total. The number of carbonyl (C=O) groups is 1. The highest BCUT2D eigenvalue weighted by molar-refractivity contribution is 6.30. The van der Waals surface area contributed by atoms with Crippen molar-refractivity contribution in [3.63, 3.8) is 0 Å². The van der Waals surface area contributed by atoms with Gasteiger partial charge in [-0.15, -0.1) is 11.6 Å². The van der Waals surface area contributed by atoms with E-state index in [4.69, 9.17) is 11.6 Å². The Labute approximate surface area is 109 Å². The smallest absolute Gasteiger partial charge is 0.261 e. The fourth-order valence-corrected chi connectivity index (χ4v) is 1.50. The van der Waals surface area contributed by atoms with Gasteiger partial charge in [0.05, 0.1) is 6.61 Å². The summed E-state index contributed by atoms with van der Waals surface area (Å²) in [5.74, 6) is -0.372. The number of halogens is 3. The molecule has 1 N–H and O–H groups in total. The van der Waals surface area contributed by atoms with Gasteiger partial charge in [0.25, 0.3) is 6.43 Å². The Morgan fingerprint density at radius 3 is 2.61 bits per heavy atom. The second-order valence-electron chi connectivity index (χ2n) is 3.53. The van der Waals surface area contributed by atoms with E-state index in [1.807, 2.05) is 6.07 Å². The molecule has 1 aromatic rings. The van der Waals surface area contributed by atoms with Gasteiger partial charge in [-0.25, -0.2) is 8.78 Å². The summed E-state index contributed by atoms with van der Waals surface area (Å²) in [7, 11) is 0. The predicted octanol–water partition coefficient (Wildman–Crippen LogP) is 2.36. The zero-order valence-corrected chi connectivity index (χ0v) is 10.4. The number of benzene rings is 1. The maximum absolute atomic E-state index is 11.7. The zero-order chi connectivity index (χ0) is 13.4. The Hall–Kier alpha value is -1.20. The zero-order valence-electron chi connectivity index (χ0n) is 9.61. The maximum Gasteiger partial charge on any atom is 0.261 e. The predicted molar refractivity (Wildman–Crippen MR) is 64.9 cm³/mol. The van der Waals surface area contributed by atoms with E-state index in [2.05, 4.69) is 10.1 Å². The van der Waals surface area contributed by atoms with Gasteiger partial charge in [0, 0.05) is 6.54 Å². The minimum atomic E-state index is -2.49. The fraction of sp³-hybridized carbons (Fsp3) is 0.417. The number of rotatable bonds is 7. The summed E-state index contributed by atoms with van der Waals surface area (Å²) in [6, 6.07) is 8.87. The van der Waals surface area contributed by atoms with Crippen LogP contribution in [0.2, 0.25) is 0 Å². The molecule has 1 aromatic carbocycles. The molecule has 0 fully saturated rings. The van der Waals surface area contributed by atoms with E-state index in [0.29, 0.717) is 5.56 Å². The average Bonchev–Trinajstić information content (AvgIpc) is 2.38. The van der Waals surface area contributed by atoms with Crippen LogP contribution >= 0.6 is 11.6 Å². The van der Waals surface area contributed by atoms with Crippen molar-refractivity contribution in [3.8, 4) is 0 Å². The lowest BCUT2D eigenvalue weighted by molar-refractivity contribution is -0.121. The lowest BCUT2D eigenvalue weighted by atomic mass is 10.1. The minimum absolute atomic E-state index is 0.0362. The topological polar surface area (TPSA) is 38.3 Å². The Kier molecular flexibility index (Phi) is 6.60. The van der Waals surface area contributed by atoms with Gasteiger partial charge < -0.3 is 10.1 Å². The largest absolute Gasteiger partial charge is 0.374 e. The van der Waals surface area contributed by atoms with Crippen LogP contribution in [0.4, 0.5) is 8.78 Å². The van der Waals surface area contributed by atoms with Crippen LogP contribution in [0, 0.1) is 0 Å². The highest BCUT2D eigenvalue weighted by Crippen LogP contribution is 2.19. The van der Waals surface area contributed by atoms with Crippen molar-refractivity contribution in [1.29, 1.82) is 0 Å². The van der Waals surface area contributed by atoms with Gasteiger partial charge in [-0.1, -0.05) is 30.3 Å². The number of ether oxygens (including phenoxy) is 1. The number of hydrogen-bond donors (Lipinski definition) is 1. The lowest BCUT2D eigenvalue weighted by Crippen LogP contribution is -2.30. The third kappa shape index (κ3) is 5.42. The van der Waals surface area contributed by atoms with Crippen LogP contribution in [-0.2, 0) is 9.53 Å². The number of amides is 1. The minimum Gasteiger partial charge on any atom is -0.374 e. The molecule has 6 heteroatoms. The van der Waals surface area contributed by atoms with E-state index in [0.717, 1.165) is 0 Å². The molecule has 0 saturated heterocycles.